The van der Waals surface area contributed by atoms with E-state index in [-0.39, 0.29) is 19.4 Å². The topological polar surface area (TPSA) is 173 Å². The van der Waals surface area contributed by atoms with Gasteiger partial charge < -0.3 is 38.8 Å². The van der Waals surface area contributed by atoms with Gasteiger partial charge in [0, 0.05) is 40.7 Å². The molecule has 0 aromatic rings. The standard InChI is InChI=1S/C22H35NO12/c1-12(24)30-11-16-17(31-13(2)25)18(32-14(3)26)19(33-15(4)27)22(29,34-16)9-8-10-23-20(28)35-21(5,6)7/h16-19,29H,8-11H2,1-7H3,(H,23,28)/t16-,17+,18+,19-,22+/m1/s1. The van der Waals surface area contributed by atoms with E-state index in [2.05, 4.69) is 5.32 Å². The van der Waals surface area contributed by atoms with Crippen LogP contribution in [0.15, 0.2) is 0 Å². The van der Waals surface area contributed by atoms with Gasteiger partial charge in [-0.2, -0.15) is 0 Å². The highest BCUT2D eigenvalue weighted by molar-refractivity contribution is 5.69. The Morgan fingerprint density at radius 1 is 0.886 bits per heavy atom. The van der Waals surface area contributed by atoms with Crippen molar-refractivity contribution in [2.45, 2.75) is 97.1 Å². The molecule has 0 saturated carbocycles. The zero-order chi connectivity index (χ0) is 27.0. The zero-order valence-electron chi connectivity index (χ0n) is 21.1. The van der Waals surface area contributed by atoms with Gasteiger partial charge >= 0.3 is 30.0 Å². The van der Waals surface area contributed by atoms with Gasteiger partial charge in [0.05, 0.1) is 0 Å². The number of amides is 1. The van der Waals surface area contributed by atoms with E-state index in [4.69, 9.17) is 28.4 Å². The van der Waals surface area contributed by atoms with Gasteiger partial charge in [-0.25, -0.2) is 4.79 Å². The second-order valence-corrected chi connectivity index (χ2v) is 9.01. The van der Waals surface area contributed by atoms with Crippen LogP contribution < -0.4 is 5.32 Å². The molecule has 1 aliphatic rings. The second kappa shape index (κ2) is 12.7. The van der Waals surface area contributed by atoms with E-state index in [0.29, 0.717) is 0 Å². The van der Waals surface area contributed by atoms with E-state index in [1.54, 1.807) is 20.8 Å². The quantitative estimate of drug-likeness (QED) is 0.256. The normalized spacial score (nSPS) is 26.2. The Morgan fingerprint density at radius 3 is 1.91 bits per heavy atom. The molecule has 0 unspecified atom stereocenters. The molecule has 2 N–H and O–H groups in total. The van der Waals surface area contributed by atoms with Gasteiger partial charge in [0.1, 0.15) is 18.3 Å². The summed E-state index contributed by atoms with van der Waals surface area (Å²) in [5, 5.41) is 13.9. The SMILES string of the molecule is CC(=O)OC[C@H]1O[C@@](O)(CCCNC(=O)OC(C)(C)C)[C@H](OC(C)=O)[C@@H](OC(C)=O)[C@H]1OC(C)=O. The largest absolute Gasteiger partial charge is 0.463 e. The molecule has 0 radical (unpaired) electrons. The molecule has 1 heterocycles. The van der Waals surface area contributed by atoms with Crippen molar-refractivity contribution in [3.05, 3.63) is 0 Å². The zero-order valence-corrected chi connectivity index (χ0v) is 21.1. The van der Waals surface area contributed by atoms with Crippen LogP contribution in [0, 0.1) is 0 Å². The Hall–Kier alpha value is -2.93. The number of hydrogen-bond acceptors (Lipinski definition) is 12. The fraction of sp³-hybridized carbons (Fsp3) is 0.773. The molecule has 35 heavy (non-hydrogen) atoms. The van der Waals surface area contributed by atoms with Crippen LogP contribution in [-0.4, -0.2) is 84.0 Å². The van der Waals surface area contributed by atoms with Crippen LogP contribution in [-0.2, 0) is 47.6 Å². The molecule has 0 aromatic heterocycles. The number of aliphatic hydroxyl groups is 1. The summed E-state index contributed by atoms with van der Waals surface area (Å²) in [7, 11) is 0. The van der Waals surface area contributed by atoms with Crippen LogP contribution in [0.2, 0.25) is 0 Å². The van der Waals surface area contributed by atoms with Gasteiger partial charge in [-0.05, 0) is 27.2 Å². The summed E-state index contributed by atoms with van der Waals surface area (Å²) < 4.78 is 31.6. The fourth-order valence-corrected chi connectivity index (χ4v) is 3.41. The van der Waals surface area contributed by atoms with Crippen LogP contribution in [0.4, 0.5) is 4.79 Å². The van der Waals surface area contributed by atoms with Crippen molar-refractivity contribution in [3.63, 3.8) is 0 Å². The number of nitrogens with one attached hydrogen (secondary N) is 1. The van der Waals surface area contributed by atoms with Crippen molar-refractivity contribution in [2.24, 2.45) is 0 Å². The lowest BCUT2D eigenvalue weighted by Crippen LogP contribution is -2.68. The maximum atomic E-state index is 11.9. The average Bonchev–Trinajstić information content (AvgIpc) is 2.67. The van der Waals surface area contributed by atoms with Crippen LogP contribution in [0.1, 0.15) is 61.3 Å². The molecular weight excluding hydrogens is 470 g/mol. The summed E-state index contributed by atoms with van der Waals surface area (Å²) in [5.74, 6) is -5.36. The summed E-state index contributed by atoms with van der Waals surface area (Å²) in [6, 6.07) is 0. The predicted octanol–water partition coefficient (Wildman–Crippen LogP) is 0.737. The lowest BCUT2D eigenvalue weighted by Gasteiger charge is -2.48. The molecule has 1 saturated heterocycles. The maximum absolute atomic E-state index is 11.9. The highest BCUT2D eigenvalue weighted by atomic mass is 16.7. The first-order chi connectivity index (χ1) is 16.0. The van der Waals surface area contributed by atoms with E-state index in [0.717, 1.165) is 27.7 Å². The van der Waals surface area contributed by atoms with Crippen LogP contribution in [0.3, 0.4) is 0 Å². The second-order valence-electron chi connectivity index (χ2n) is 9.01. The summed E-state index contributed by atoms with van der Waals surface area (Å²) in [6.07, 6.45) is -6.53. The van der Waals surface area contributed by atoms with Gasteiger partial charge in [0.15, 0.2) is 18.3 Å². The molecule has 5 atom stereocenters. The summed E-state index contributed by atoms with van der Waals surface area (Å²) in [4.78, 5) is 58.6. The first-order valence-electron chi connectivity index (χ1n) is 11.1. The molecule has 1 amide bonds. The Kier molecular flexibility index (Phi) is 10.9. The molecule has 200 valence electrons. The van der Waals surface area contributed by atoms with E-state index in [1.807, 2.05) is 0 Å². The number of rotatable bonds is 9. The molecule has 1 fully saturated rings. The van der Waals surface area contributed by atoms with Crippen molar-refractivity contribution in [1.82, 2.24) is 5.32 Å². The van der Waals surface area contributed by atoms with Crippen molar-refractivity contribution < 1.29 is 57.5 Å². The van der Waals surface area contributed by atoms with Crippen molar-refractivity contribution in [2.75, 3.05) is 13.2 Å². The number of alkyl carbamates (subject to hydrolysis) is 1. The lowest BCUT2D eigenvalue weighted by atomic mass is 9.89. The minimum Gasteiger partial charge on any atom is -0.463 e. The Morgan fingerprint density at radius 2 is 1.43 bits per heavy atom. The third-order valence-electron chi connectivity index (χ3n) is 4.52. The molecule has 0 aliphatic carbocycles. The molecule has 0 bridgehead atoms. The van der Waals surface area contributed by atoms with Crippen molar-refractivity contribution >= 4 is 30.0 Å². The third-order valence-corrected chi connectivity index (χ3v) is 4.52. The maximum Gasteiger partial charge on any atom is 0.407 e. The highest BCUT2D eigenvalue weighted by Crippen LogP contribution is 2.37. The Bertz CT molecular complexity index is 792. The number of carbonyl (C=O) groups is 5. The van der Waals surface area contributed by atoms with Crippen molar-refractivity contribution in [3.8, 4) is 0 Å². The summed E-state index contributed by atoms with van der Waals surface area (Å²) in [5.41, 5.74) is -0.706. The monoisotopic (exact) mass is 505 g/mol. The molecule has 1 rings (SSSR count). The van der Waals surface area contributed by atoms with Crippen LogP contribution >= 0.6 is 0 Å². The number of esters is 4. The molecule has 13 nitrogen and oxygen atoms in total. The number of ether oxygens (including phenoxy) is 6. The van der Waals surface area contributed by atoms with Gasteiger partial charge in [-0.3, -0.25) is 19.2 Å². The van der Waals surface area contributed by atoms with Gasteiger partial charge in [-0.15, -0.1) is 0 Å². The molecule has 13 heteroatoms. The minimum absolute atomic E-state index is 0.0492. The van der Waals surface area contributed by atoms with Crippen molar-refractivity contribution in [1.29, 1.82) is 0 Å². The smallest absolute Gasteiger partial charge is 0.407 e. The van der Waals surface area contributed by atoms with Crippen LogP contribution in [0.5, 0.6) is 0 Å². The molecule has 0 aromatic carbocycles. The third kappa shape index (κ3) is 10.5. The van der Waals surface area contributed by atoms with E-state index >= 15 is 0 Å². The van der Waals surface area contributed by atoms with E-state index < -0.39 is 72.4 Å². The Labute approximate surface area is 203 Å². The van der Waals surface area contributed by atoms with Crippen LogP contribution in [0.25, 0.3) is 0 Å². The molecular formula is C22H35NO12. The average molecular weight is 506 g/mol. The Balaban J connectivity index is 3.20. The molecule has 1 aliphatic heterocycles. The number of carbonyl (C=O) groups excluding carboxylic acids is 5. The number of hydrogen-bond donors (Lipinski definition) is 2. The van der Waals surface area contributed by atoms with E-state index in [1.165, 1.54) is 0 Å². The first kappa shape index (κ1) is 30.1. The summed E-state index contributed by atoms with van der Waals surface area (Å²) in [6.45, 7) is 9.08. The fourth-order valence-electron chi connectivity index (χ4n) is 3.41. The lowest BCUT2D eigenvalue weighted by molar-refractivity contribution is -0.353. The molecule has 0 spiro atoms. The summed E-state index contributed by atoms with van der Waals surface area (Å²) >= 11 is 0. The van der Waals surface area contributed by atoms with Gasteiger partial charge in [-0.1, -0.05) is 0 Å². The first-order valence-corrected chi connectivity index (χ1v) is 11.1. The van der Waals surface area contributed by atoms with E-state index in [9.17, 15) is 29.1 Å². The predicted molar refractivity (Wildman–Crippen MR) is 117 cm³/mol. The minimum atomic E-state index is -2.26. The highest BCUT2D eigenvalue weighted by Gasteiger charge is 2.59. The van der Waals surface area contributed by atoms with Gasteiger partial charge in [0.25, 0.3) is 0 Å². The van der Waals surface area contributed by atoms with Gasteiger partial charge in [0.2, 0.25) is 5.79 Å².